The van der Waals surface area contributed by atoms with Crippen LogP contribution in [-0.4, -0.2) is 12.1 Å². The van der Waals surface area contributed by atoms with Crippen molar-refractivity contribution in [2.75, 3.05) is 0 Å². The summed E-state index contributed by atoms with van der Waals surface area (Å²) in [7, 11) is -1.31. The van der Waals surface area contributed by atoms with E-state index in [1.165, 1.54) is 0 Å². The molecule has 2 rings (SSSR count). The van der Waals surface area contributed by atoms with E-state index >= 15 is 0 Å². The SMILES string of the molecule is [2H]c1c([2H])c2c(c([2H])c1F)COB2O. The maximum absolute atomic E-state index is 13.1. The third-order valence-corrected chi connectivity index (χ3v) is 1.53. The van der Waals surface area contributed by atoms with Crippen LogP contribution in [-0.2, 0) is 11.3 Å². The smallest absolute Gasteiger partial charge is 0.423 e. The molecule has 1 aliphatic heterocycles. The molecule has 56 valence electrons. The van der Waals surface area contributed by atoms with Crippen LogP contribution in [0.1, 0.15) is 9.68 Å². The largest absolute Gasteiger partial charge is 0.491 e. The van der Waals surface area contributed by atoms with E-state index in [1.807, 2.05) is 0 Å². The molecule has 1 heterocycles. The summed E-state index contributed by atoms with van der Waals surface area (Å²) in [5, 5.41) is 9.27. The van der Waals surface area contributed by atoms with E-state index in [1.54, 1.807) is 0 Å². The molecule has 4 heteroatoms. The van der Waals surface area contributed by atoms with E-state index < -0.39 is 31.1 Å². The third-order valence-electron chi connectivity index (χ3n) is 1.53. The molecule has 2 nitrogen and oxygen atoms in total. The fourth-order valence-corrected chi connectivity index (χ4v) is 0.999. The highest BCUT2D eigenvalue weighted by molar-refractivity contribution is 6.61. The quantitative estimate of drug-likeness (QED) is 0.536. The van der Waals surface area contributed by atoms with Crippen LogP contribution in [0, 0.1) is 5.82 Å². The van der Waals surface area contributed by atoms with Crippen molar-refractivity contribution in [3.8, 4) is 0 Å². The molecular formula is C7H6BFO2. The zero-order valence-electron chi connectivity index (χ0n) is 8.52. The first-order valence-corrected chi connectivity index (χ1v) is 3.11. The minimum Gasteiger partial charge on any atom is -0.423 e. The van der Waals surface area contributed by atoms with Gasteiger partial charge in [-0.1, -0.05) is 6.04 Å². The first-order chi connectivity index (χ1) is 6.54. The van der Waals surface area contributed by atoms with Gasteiger partial charge in [0.25, 0.3) is 0 Å². The predicted molar refractivity (Wildman–Crippen MR) is 38.8 cm³/mol. The van der Waals surface area contributed by atoms with Crippen molar-refractivity contribution in [3.63, 3.8) is 0 Å². The summed E-state index contributed by atoms with van der Waals surface area (Å²) in [5.41, 5.74) is 0.206. The third kappa shape index (κ3) is 1.04. The Balaban J connectivity index is 2.77. The lowest BCUT2D eigenvalue weighted by Crippen LogP contribution is -2.27. The van der Waals surface area contributed by atoms with E-state index in [0.29, 0.717) is 0 Å². The second kappa shape index (κ2) is 2.32. The summed E-state index contributed by atoms with van der Waals surface area (Å²) in [5.74, 6) is -1.04. The summed E-state index contributed by atoms with van der Waals surface area (Å²) >= 11 is 0. The lowest BCUT2D eigenvalue weighted by atomic mass is 9.80. The minimum atomic E-state index is -1.31. The van der Waals surface area contributed by atoms with Gasteiger partial charge < -0.3 is 9.68 Å². The summed E-state index contributed by atoms with van der Waals surface area (Å²) in [6, 6.07) is -1.53. The molecular weight excluding hydrogens is 146 g/mol. The molecule has 1 N–H and O–H groups in total. The van der Waals surface area contributed by atoms with Gasteiger partial charge in [-0.2, -0.15) is 0 Å². The van der Waals surface area contributed by atoms with Gasteiger partial charge in [0.2, 0.25) is 0 Å². The molecule has 0 saturated heterocycles. The summed E-state index contributed by atoms with van der Waals surface area (Å²) < 4.78 is 39.8. The number of benzene rings is 1. The molecule has 1 aromatic rings. The zero-order chi connectivity index (χ0) is 10.5. The lowest BCUT2D eigenvalue weighted by Gasteiger charge is -1.95. The Morgan fingerprint density at radius 1 is 1.73 bits per heavy atom. The summed E-state index contributed by atoms with van der Waals surface area (Å²) in [4.78, 5) is 0. The molecule has 0 saturated carbocycles. The monoisotopic (exact) mass is 155 g/mol. The molecule has 0 fully saturated rings. The average Bonchev–Trinajstić information content (AvgIpc) is 2.54. The van der Waals surface area contributed by atoms with E-state index in [0.717, 1.165) is 0 Å². The summed E-state index contributed by atoms with van der Waals surface area (Å²) in [6.45, 7) is -0.0849. The van der Waals surface area contributed by atoms with Gasteiger partial charge in [0, 0.05) is 0 Å². The van der Waals surface area contributed by atoms with Crippen molar-refractivity contribution in [1.82, 2.24) is 0 Å². The maximum Gasteiger partial charge on any atom is 0.491 e. The van der Waals surface area contributed by atoms with Crippen LogP contribution >= 0.6 is 0 Å². The minimum absolute atomic E-state index is 0.0430. The van der Waals surface area contributed by atoms with Crippen LogP contribution in [0.3, 0.4) is 0 Å². The van der Waals surface area contributed by atoms with Crippen LogP contribution in [0.5, 0.6) is 0 Å². The summed E-state index contributed by atoms with van der Waals surface area (Å²) in [6.07, 6.45) is 0. The molecule has 0 amide bonds. The van der Waals surface area contributed by atoms with Crippen molar-refractivity contribution in [2.24, 2.45) is 0 Å². The average molecular weight is 155 g/mol. The van der Waals surface area contributed by atoms with Crippen LogP contribution < -0.4 is 5.46 Å². The van der Waals surface area contributed by atoms with Crippen LogP contribution in [0.2, 0.25) is 0 Å². The molecule has 1 aromatic carbocycles. The number of halogens is 1. The molecule has 0 aromatic heterocycles. The predicted octanol–water partition coefficient (Wildman–Crippen LogP) is 0.0434. The molecule has 0 aliphatic carbocycles. The molecule has 0 atom stereocenters. The van der Waals surface area contributed by atoms with Gasteiger partial charge in [-0.3, -0.25) is 0 Å². The number of fused-ring (bicyclic) bond motifs is 1. The Morgan fingerprint density at radius 2 is 2.55 bits per heavy atom. The molecule has 0 bridgehead atoms. The lowest BCUT2D eigenvalue weighted by molar-refractivity contribution is 0.275. The van der Waals surface area contributed by atoms with Gasteiger partial charge in [0.05, 0.1) is 10.7 Å². The van der Waals surface area contributed by atoms with Gasteiger partial charge in [-0.25, -0.2) is 4.39 Å². The van der Waals surface area contributed by atoms with E-state index in [-0.39, 0.29) is 17.6 Å². The Kier molecular flexibility index (Phi) is 0.894. The van der Waals surface area contributed by atoms with E-state index in [2.05, 4.69) is 0 Å². The maximum atomic E-state index is 13.1. The van der Waals surface area contributed by atoms with E-state index in [9.17, 15) is 9.41 Å². The molecule has 0 radical (unpaired) electrons. The van der Waals surface area contributed by atoms with Gasteiger partial charge in [-0.15, -0.1) is 0 Å². The van der Waals surface area contributed by atoms with Crippen molar-refractivity contribution < 1.29 is 18.2 Å². The number of hydrogen-bond acceptors (Lipinski definition) is 2. The highest BCUT2D eigenvalue weighted by atomic mass is 19.1. The van der Waals surface area contributed by atoms with Gasteiger partial charge in [0.15, 0.2) is 0 Å². The molecule has 1 aliphatic rings. The van der Waals surface area contributed by atoms with Crippen molar-refractivity contribution in [1.29, 1.82) is 0 Å². The van der Waals surface area contributed by atoms with Crippen LogP contribution in [0.15, 0.2) is 18.1 Å². The molecule has 0 spiro atoms. The first-order valence-electron chi connectivity index (χ1n) is 4.61. The zero-order valence-corrected chi connectivity index (χ0v) is 5.52. The first kappa shape index (κ1) is 4.23. The fraction of sp³-hybridized carbons (Fsp3) is 0.143. The standard InChI is InChI=1S/C7H6BFO2/c9-6-1-2-7-5(3-6)4-11-8(7)10/h1-3,10H,4H2/i1D,2D,3D. The Labute approximate surface area is 68.0 Å². The van der Waals surface area contributed by atoms with Crippen molar-refractivity contribution in [2.45, 2.75) is 6.61 Å². The highest BCUT2D eigenvalue weighted by Crippen LogP contribution is 2.10. The van der Waals surface area contributed by atoms with E-state index in [4.69, 9.17) is 8.77 Å². The number of hydrogen-bond donors (Lipinski definition) is 1. The normalized spacial score (nSPS) is 19.1. The van der Waals surface area contributed by atoms with Gasteiger partial charge in [0.1, 0.15) is 5.82 Å². The topological polar surface area (TPSA) is 29.5 Å². The molecule has 11 heavy (non-hydrogen) atoms. The van der Waals surface area contributed by atoms with Crippen molar-refractivity contribution in [3.05, 3.63) is 29.5 Å². The fourth-order valence-electron chi connectivity index (χ4n) is 0.999. The van der Waals surface area contributed by atoms with Crippen LogP contribution in [0.25, 0.3) is 0 Å². The van der Waals surface area contributed by atoms with Gasteiger partial charge >= 0.3 is 7.12 Å². The molecule has 0 unspecified atom stereocenters. The van der Waals surface area contributed by atoms with Gasteiger partial charge in [-0.05, 0) is 23.1 Å². The Bertz CT molecular complexity index is 413. The number of rotatable bonds is 0. The highest BCUT2D eigenvalue weighted by Gasteiger charge is 2.26. The Hall–Kier alpha value is -0.865. The van der Waals surface area contributed by atoms with Crippen LogP contribution in [0.4, 0.5) is 4.39 Å². The second-order valence-electron chi connectivity index (χ2n) is 2.24. The van der Waals surface area contributed by atoms with Crippen molar-refractivity contribution >= 4 is 12.6 Å². The Morgan fingerprint density at radius 3 is 3.36 bits per heavy atom. The second-order valence-corrected chi connectivity index (χ2v) is 2.24.